The number of aliphatic imine (C=N–C) groups is 2. The maximum Gasteiger partial charge on any atom is 0.416 e. The largest absolute Gasteiger partial charge is 0.443 e. The number of thioether (sulfide) groups is 2. The Morgan fingerprint density at radius 2 is 1.23 bits per heavy atom. The molecule has 4 rings (SSSR count). The molecule has 11 atom stereocenters. The molecule has 0 saturated carbocycles. The summed E-state index contributed by atoms with van der Waals surface area (Å²) in [6, 6.07) is -0.560. The molecule has 4 aliphatic rings. The Hall–Kier alpha value is -2.47. The van der Waals surface area contributed by atoms with Gasteiger partial charge in [-0.3, -0.25) is 24.6 Å². The summed E-state index contributed by atoms with van der Waals surface area (Å²) in [4.78, 5) is 48.7. The lowest BCUT2D eigenvalue weighted by Gasteiger charge is -2.42. The lowest BCUT2D eigenvalue weighted by Crippen LogP contribution is -2.54. The van der Waals surface area contributed by atoms with E-state index >= 15 is 0 Å². The average Bonchev–Trinajstić information content (AvgIpc) is 3.65. The summed E-state index contributed by atoms with van der Waals surface area (Å²) in [5.41, 5.74) is -1.88. The molecular formula is C36H58N4O10S2. The number of amidine groups is 2. The van der Waals surface area contributed by atoms with Gasteiger partial charge in [-0.25, -0.2) is 9.59 Å². The molecular weight excluding hydrogens is 713 g/mol. The molecule has 0 radical (unpaired) electrons. The predicted molar refractivity (Wildman–Crippen MR) is 204 cm³/mol. The molecule has 4 heterocycles. The van der Waals surface area contributed by atoms with Crippen molar-refractivity contribution in [2.45, 2.75) is 134 Å². The van der Waals surface area contributed by atoms with E-state index in [1.54, 1.807) is 33.2 Å². The zero-order valence-electron chi connectivity index (χ0n) is 32.6. The van der Waals surface area contributed by atoms with Gasteiger partial charge in [0.1, 0.15) is 40.3 Å². The number of nitrogens with zero attached hydrogens (tertiary/aromatic N) is 4. The van der Waals surface area contributed by atoms with Crippen LogP contribution in [0, 0.1) is 11.8 Å². The normalized spacial score (nSPS) is 31.7. The van der Waals surface area contributed by atoms with Crippen LogP contribution in [0.3, 0.4) is 0 Å². The molecule has 0 spiro atoms. The van der Waals surface area contributed by atoms with Crippen molar-refractivity contribution < 1.29 is 47.9 Å². The minimum absolute atomic E-state index is 0.0438. The molecule has 294 valence electrons. The number of rotatable bonds is 8. The van der Waals surface area contributed by atoms with Crippen LogP contribution in [0.15, 0.2) is 35.3 Å². The lowest BCUT2D eigenvalue weighted by atomic mass is 9.87. The molecule has 1 N–H and O–H groups in total. The van der Waals surface area contributed by atoms with E-state index < -0.39 is 35.6 Å². The molecule has 2 fully saturated rings. The smallest absolute Gasteiger partial charge is 0.416 e. The van der Waals surface area contributed by atoms with Crippen molar-refractivity contribution in [2.24, 2.45) is 21.8 Å². The first-order valence-corrected chi connectivity index (χ1v) is 19.2. The Labute approximate surface area is 317 Å². The highest BCUT2D eigenvalue weighted by Crippen LogP contribution is 2.42. The number of carbonyl (C=O) groups is 3. The maximum absolute atomic E-state index is 12.3. The summed E-state index contributed by atoms with van der Waals surface area (Å²) in [6.45, 7) is 26.1. The molecule has 52 heavy (non-hydrogen) atoms. The second-order valence-corrected chi connectivity index (χ2v) is 17.4. The fourth-order valence-corrected chi connectivity index (χ4v) is 8.33. The molecule has 0 aromatic carbocycles. The Bertz CT molecular complexity index is 1360. The molecule has 16 heteroatoms. The SMILES string of the molecule is C=CCO[C@H]1[C@H](C)[C@@H](C(C)=O)O[C@@H]2SC(N(C)C(=O)OC(C)(C)C)=N[C@H]12.C=CCO[C@H]1[C@H](C)[C@@H](C(C)O)O[C@@H]2SC(N(C)C(=O)OC(C)(C)C)=N[C@H]12. The van der Waals surface area contributed by atoms with Crippen LogP contribution in [0.2, 0.25) is 0 Å². The van der Waals surface area contributed by atoms with E-state index in [0.29, 0.717) is 23.5 Å². The van der Waals surface area contributed by atoms with Gasteiger partial charge in [-0.1, -0.05) is 49.5 Å². The Kier molecular flexibility index (Phi) is 15.4. The van der Waals surface area contributed by atoms with Gasteiger partial charge < -0.3 is 33.5 Å². The van der Waals surface area contributed by atoms with Crippen LogP contribution in [0.25, 0.3) is 0 Å². The maximum atomic E-state index is 12.3. The van der Waals surface area contributed by atoms with Crippen LogP contribution in [-0.4, -0.2) is 135 Å². The second kappa shape index (κ2) is 18.2. The van der Waals surface area contributed by atoms with Crippen molar-refractivity contribution in [3.05, 3.63) is 25.3 Å². The van der Waals surface area contributed by atoms with Gasteiger partial charge in [0.25, 0.3) is 0 Å². The van der Waals surface area contributed by atoms with Crippen LogP contribution in [-0.2, 0) is 33.2 Å². The van der Waals surface area contributed by atoms with E-state index in [1.165, 1.54) is 40.2 Å². The Morgan fingerprint density at radius 3 is 1.60 bits per heavy atom. The second-order valence-electron chi connectivity index (χ2n) is 15.3. The Morgan fingerprint density at radius 1 is 0.827 bits per heavy atom. The van der Waals surface area contributed by atoms with E-state index in [-0.39, 0.29) is 58.9 Å². The summed E-state index contributed by atoms with van der Waals surface area (Å²) in [7, 11) is 3.25. The third-order valence-electron chi connectivity index (χ3n) is 8.39. The molecule has 0 aliphatic carbocycles. The number of ketones is 1. The summed E-state index contributed by atoms with van der Waals surface area (Å²) in [5.74, 6) is -0.242. The molecule has 2 saturated heterocycles. The fourth-order valence-electron chi connectivity index (χ4n) is 6.01. The first-order valence-electron chi connectivity index (χ1n) is 17.5. The minimum atomic E-state index is -0.631. The molecule has 14 nitrogen and oxygen atoms in total. The highest BCUT2D eigenvalue weighted by molar-refractivity contribution is 8.14. The Balaban J connectivity index is 0.000000280. The number of fused-ring (bicyclic) bond motifs is 2. The number of amides is 2. The van der Waals surface area contributed by atoms with Crippen molar-refractivity contribution in [1.29, 1.82) is 0 Å². The van der Waals surface area contributed by atoms with Crippen LogP contribution in [0.4, 0.5) is 9.59 Å². The van der Waals surface area contributed by atoms with Crippen molar-refractivity contribution in [2.75, 3.05) is 27.3 Å². The third-order valence-corrected chi connectivity index (χ3v) is 10.8. The molecule has 0 aromatic heterocycles. The molecule has 1 unspecified atom stereocenters. The van der Waals surface area contributed by atoms with Crippen LogP contribution in [0.1, 0.15) is 69.2 Å². The number of Topliss-reactive ketones (excluding diaryl/α,β-unsaturated/α-hetero) is 1. The molecule has 4 aliphatic heterocycles. The number of aliphatic hydroxyl groups excluding tert-OH is 1. The quantitative estimate of drug-likeness (QED) is 0.311. The molecule has 0 bridgehead atoms. The third kappa shape index (κ3) is 11.3. The van der Waals surface area contributed by atoms with Crippen LogP contribution >= 0.6 is 23.5 Å². The van der Waals surface area contributed by atoms with Crippen molar-refractivity contribution in [3.63, 3.8) is 0 Å². The summed E-state index contributed by atoms with van der Waals surface area (Å²) in [6.07, 6.45) is 0.330. The van der Waals surface area contributed by atoms with Crippen molar-refractivity contribution in [3.8, 4) is 0 Å². The topological polar surface area (TPSA) is 158 Å². The van der Waals surface area contributed by atoms with Crippen molar-refractivity contribution in [1.82, 2.24) is 9.80 Å². The first kappa shape index (κ1) is 43.9. The van der Waals surface area contributed by atoms with Crippen LogP contribution < -0.4 is 0 Å². The number of carbonyl (C=O) groups excluding carboxylic acids is 3. The molecule has 0 aromatic rings. The van der Waals surface area contributed by atoms with Gasteiger partial charge in [0.15, 0.2) is 16.1 Å². The zero-order valence-corrected chi connectivity index (χ0v) is 34.2. The zero-order chi connectivity index (χ0) is 39.3. The number of hydrogen-bond donors (Lipinski definition) is 1. The fraction of sp³-hybridized carbons (Fsp3) is 0.750. The van der Waals surface area contributed by atoms with E-state index in [0.717, 1.165) is 0 Å². The van der Waals surface area contributed by atoms with E-state index in [1.807, 2.05) is 55.4 Å². The first-order chi connectivity index (χ1) is 24.1. The van der Waals surface area contributed by atoms with E-state index in [4.69, 9.17) is 28.4 Å². The summed E-state index contributed by atoms with van der Waals surface area (Å²) >= 11 is 2.67. The number of hydrogen-bond acceptors (Lipinski definition) is 14. The van der Waals surface area contributed by atoms with Gasteiger partial charge in [-0.2, -0.15) is 0 Å². The van der Waals surface area contributed by atoms with Gasteiger partial charge in [0, 0.05) is 25.9 Å². The van der Waals surface area contributed by atoms with Gasteiger partial charge in [0.2, 0.25) is 0 Å². The lowest BCUT2D eigenvalue weighted by molar-refractivity contribution is -0.158. The number of aliphatic hydroxyl groups is 1. The van der Waals surface area contributed by atoms with Gasteiger partial charge >= 0.3 is 12.2 Å². The van der Waals surface area contributed by atoms with Gasteiger partial charge in [0.05, 0.1) is 37.6 Å². The highest BCUT2D eigenvalue weighted by atomic mass is 32.2. The average molecular weight is 771 g/mol. The summed E-state index contributed by atoms with van der Waals surface area (Å²) < 4.78 is 34.7. The highest BCUT2D eigenvalue weighted by Gasteiger charge is 2.52. The monoisotopic (exact) mass is 770 g/mol. The standard InChI is InChI=1S/C18H30N2O5S.C18H28N2O5S/c2*1-8-9-23-14-10(2)13(11(3)21)24-15-12(14)19-16(26-15)20(7)17(22)25-18(4,5)6/h8,10-15,21H,1,9H2,2-7H3;8,10,12-15H,1,9H2,2-7H3/t10-,11?,12-,13+,14+,15-;10-,12-,13+,14+,15-/m11/s1. The van der Waals surface area contributed by atoms with E-state index in [2.05, 4.69) is 23.1 Å². The summed E-state index contributed by atoms with van der Waals surface area (Å²) in [5, 5.41) is 11.1. The van der Waals surface area contributed by atoms with Gasteiger partial charge in [-0.05, 0) is 55.4 Å². The van der Waals surface area contributed by atoms with Crippen molar-refractivity contribution >= 4 is 51.8 Å². The van der Waals surface area contributed by atoms with Crippen LogP contribution in [0.5, 0.6) is 0 Å². The minimum Gasteiger partial charge on any atom is -0.443 e. The molecule has 2 amide bonds. The number of ether oxygens (including phenoxy) is 6. The van der Waals surface area contributed by atoms with E-state index in [9.17, 15) is 19.5 Å². The predicted octanol–water partition coefficient (Wildman–Crippen LogP) is 5.48. The van der Waals surface area contributed by atoms with Gasteiger partial charge in [-0.15, -0.1) is 13.2 Å².